The maximum atomic E-state index is 12.7. The zero-order valence-corrected chi connectivity index (χ0v) is 21.7. The van der Waals surface area contributed by atoms with Crippen LogP contribution in [0.3, 0.4) is 0 Å². The number of pyridine rings is 1. The molecule has 38 heavy (non-hydrogen) atoms. The highest BCUT2D eigenvalue weighted by molar-refractivity contribution is 8.00. The van der Waals surface area contributed by atoms with Crippen LogP contribution in [-0.4, -0.2) is 77.3 Å². The largest absolute Gasteiger partial charge is 0.497 e. The number of rotatable bonds is 6. The van der Waals surface area contributed by atoms with Gasteiger partial charge in [-0.25, -0.2) is 4.79 Å². The van der Waals surface area contributed by atoms with Crippen molar-refractivity contribution < 1.29 is 24.2 Å². The van der Waals surface area contributed by atoms with Crippen LogP contribution in [-0.2, 0) is 16.1 Å². The molecule has 0 unspecified atom stereocenters. The summed E-state index contributed by atoms with van der Waals surface area (Å²) >= 11 is 1.47. The fraction of sp³-hybridized carbons (Fsp3) is 0.370. The molecule has 3 aliphatic rings. The lowest BCUT2D eigenvalue weighted by Gasteiger charge is -2.26. The average molecular weight is 537 g/mol. The number of amides is 2. The van der Waals surface area contributed by atoms with Gasteiger partial charge in [-0.2, -0.15) is 0 Å². The number of ether oxygens (including phenoxy) is 2. The zero-order chi connectivity index (χ0) is 26.4. The lowest BCUT2D eigenvalue weighted by Crippen LogP contribution is -2.42. The van der Waals surface area contributed by atoms with Gasteiger partial charge in [0, 0.05) is 42.3 Å². The van der Waals surface area contributed by atoms with Crippen LogP contribution in [0.4, 0.5) is 16.2 Å². The Bertz CT molecular complexity index is 1490. The van der Waals surface area contributed by atoms with Crippen molar-refractivity contribution in [1.29, 1.82) is 0 Å². The van der Waals surface area contributed by atoms with Gasteiger partial charge in [0.15, 0.2) is 0 Å². The summed E-state index contributed by atoms with van der Waals surface area (Å²) in [5.74, 6) is 0.962. The first-order valence-corrected chi connectivity index (χ1v) is 13.5. The summed E-state index contributed by atoms with van der Waals surface area (Å²) in [6.45, 7) is 1.98. The number of anilines is 2. The lowest BCUT2D eigenvalue weighted by atomic mass is 10.0. The molecule has 1 aromatic heterocycles. The van der Waals surface area contributed by atoms with Crippen LogP contribution in [0.5, 0.6) is 5.75 Å². The number of methoxy groups -OCH3 is 1. The molecule has 0 spiro atoms. The van der Waals surface area contributed by atoms with E-state index in [-0.39, 0.29) is 24.1 Å². The molecule has 2 N–H and O–H groups in total. The Kier molecular flexibility index (Phi) is 6.29. The highest BCUT2D eigenvalue weighted by Crippen LogP contribution is 2.36. The highest BCUT2D eigenvalue weighted by atomic mass is 32.2. The predicted octanol–water partition coefficient (Wildman–Crippen LogP) is 2.52. The summed E-state index contributed by atoms with van der Waals surface area (Å²) < 4.78 is 12.6. The number of aliphatic hydroxyl groups is 1. The Labute approximate surface area is 223 Å². The number of hydrogen-bond acceptors (Lipinski definition) is 8. The third-order valence-electron chi connectivity index (χ3n) is 7.31. The number of likely N-dealkylation sites (tertiary alicyclic amines) is 1. The van der Waals surface area contributed by atoms with Gasteiger partial charge in [-0.05, 0) is 48.2 Å². The van der Waals surface area contributed by atoms with Gasteiger partial charge in [0.25, 0.3) is 5.56 Å². The van der Waals surface area contributed by atoms with Crippen LogP contribution in [0.25, 0.3) is 10.9 Å². The van der Waals surface area contributed by atoms with Crippen LogP contribution < -0.4 is 20.5 Å². The first-order valence-electron chi connectivity index (χ1n) is 12.5. The van der Waals surface area contributed by atoms with E-state index in [1.54, 1.807) is 28.7 Å². The maximum Gasteiger partial charge on any atom is 0.414 e. The van der Waals surface area contributed by atoms with Gasteiger partial charge in [0.2, 0.25) is 5.91 Å². The molecular formula is C27H28N4O6S. The van der Waals surface area contributed by atoms with Crippen molar-refractivity contribution in [3.63, 3.8) is 0 Å². The summed E-state index contributed by atoms with van der Waals surface area (Å²) in [6.07, 6.45) is -0.309. The van der Waals surface area contributed by atoms with Crippen molar-refractivity contribution in [3.8, 4) is 5.75 Å². The number of nitrogens with zero attached hydrogens (tertiary/aromatic N) is 3. The third kappa shape index (κ3) is 4.72. The van der Waals surface area contributed by atoms with Crippen molar-refractivity contribution in [1.82, 2.24) is 9.47 Å². The van der Waals surface area contributed by atoms with Crippen LogP contribution in [0.15, 0.2) is 58.2 Å². The van der Waals surface area contributed by atoms with Crippen molar-refractivity contribution in [3.05, 3.63) is 58.9 Å². The van der Waals surface area contributed by atoms with Crippen molar-refractivity contribution in [2.45, 2.75) is 29.6 Å². The fourth-order valence-corrected chi connectivity index (χ4v) is 6.22. The molecule has 198 valence electrons. The monoisotopic (exact) mass is 536 g/mol. The normalized spacial score (nSPS) is 23.4. The molecule has 2 saturated heterocycles. The molecule has 0 bridgehead atoms. The molecular weight excluding hydrogens is 508 g/mol. The molecule has 0 aliphatic carbocycles. The first kappa shape index (κ1) is 24.8. The Morgan fingerprint density at radius 1 is 1.16 bits per heavy atom. The molecule has 4 heterocycles. The van der Waals surface area contributed by atoms with Crippen LogP contribution in [0.2, 0.25) is 0 Å². The van der Waals surface area contributed by atoms with Crippen LogP contribution in [0, 0.1) is 0 Å². The molecule has 2 atom stereocenters. The van der Waals surface area contributed by atoms with E-state index in [1.165, 1.54) is 17.8 Å². The molecule has 6 rings (SSSR count). The molecule has 0 radical (unpaired) electrons. The quantitative estimate of drug-likeness (QED) is 0.494. The SMILES string of the molecule is COc1ccc2ccc(=O)n(C[C@@]3(O)CCN(C[C@@H]4CN(c5ccc6c(c5)NC(=O)CS6)C(=O)O4)C3)c2c1. The number of carbonyl (C=O) groups excluding carboxylic acids is 2. The van der Waals surface area contributed by atoms with Crippen molar-refractivity contribution in [2.75, 3.05) is 49.3 Å². The molecule has 10 nitrogen and oxygen atoms in total. The van der Waals surface area contributed by atoms with E-state index in [9.17, 15) is 19.5 Å². The van der Waals surface area contributed by atoms with Gasteiger partial charge in [-0.3, -0.25) is 19.4 Å². The maximum absolute atomic E-state index is 12.7. The number of thioether (sulfide) groups is 1. The number of β-amino-alcohol motifs (C(OH)–C–C–N with tert-alkyl or cyclic N) is 1. The van der Waals surface area contributed by atoms with Gasteiger partial charge in [0.05, 0.1) is 42.8 Å². The zero-order valence-electron chi connectivity index (χ0n) is 20.9. The van der Waals surface area contributed by atoms with Crippen LogP contribution in [0.1, 0.15) is 6.42 Å². The van der Waals surface area contributed by atoms with Gasteiger partial charge >= 0.3 is 6.09 Å². The number of nitrogens with one attached hydrogen (secondary N) is 1. The fourth-order valence-electron chi connectivity index (χ4n) is 5.43. The highest BCUT2D eigenvalue weighted by Gasteiger charge is 2.40. The van der Waals surface area contributed by atoms with E-state index in [1.807, 2.05) is 30.3 Å². The van der Waals surface area contributed by atoms with Gasteiger partial charge in [0.1, 0.15) is 11.9 Å². The topological polar surface area (TPSA) is 113 Å². The smallest absolute Gasteiger partial charge is 0.414 e. The van der Waals surface area contributed by atoms with E-state index >= 15 is 0 Å². The molecule has 2 amide bonds. The van der Waals surface area contributed by atoms with Gasteiger partial charge in [-0.1, -0.05) is 0 Å². The predicted molar refractivity (Wildman–Crippen MR) is 144 cm³/mol. The number of aromatic nitrogens is 1. The Morgan fingerprint density at radius 3 is 2.84 bits per heavy atom. The summed E-state index contributed by atoms with van der Waals surface area (Å²) in [6, 6.07) is 14.4. The molecule has 0 saturated carbocycles. The molecule has 3 aliphatic heterocycles. The standard InChI is InChI=1S/C27H28N4O6S/c1-36-19-5-2-17-3-7-25(33)31(22(17)11-19)16-27(35)8-9-29(15-27)12-20-13-30(26(34)37-20)18-4-6-23-21(10-18)28-24(32)14-38-23/h2-7,10-11,20,35H,8-9,12-16H2,1H3,(H,28,32)/t20-,27-/m1/s1. The Hall–Kier alpha value is -3.54. The van der Waals surface area contributed by atoms with Gasteiger partial charge < -0.3 is 24.5 Å². The number of benzene rings is 2. The second kappa shape index (κ2) is 9.64. The minimum atomic E-state index is -1.10. The van der Waals surface area contributed by atoms with Crippen LogP contribution >= 0.6 is 11.8 Å². The number of fused-ring (bicyclic) bond motifs is 2. The van der Waals surface area contributed by atoms with Gasteiger partial charge in [-0.15, -0.1) is 11.8 Å². The summed E-state index contributed by atoms with van der Waals surface area (Å²) in [5, 5.41) is 15.2. The lowest BCUT2D eigenvalue weighted by molar-refractivity contribution is -0.113. The Morgan fingerprint density at radius 2 is 2.00 bits per heavy atom. The average Bonchev–Trinajstić information content (AvgIpc) is 3.46. The minimum absolute atomic E-state index is 0.0621. The van der Waals surface area contributed by atoms with E-state index in [0.717, 1.165) is 10.3 Å². The van der Waals surface area contributed by atoms with E-state index < -0.39 is 11.7 Å². The number of carbonyl (C=O) groups is 2. The summed E-state index contributed by atoms with van der Waals surface area (Å²) in [7, 11) is 1.58. The van der Waals surface area contributed by atoms with Crippen molar-refractivity contribution >= 4 is 46.0 Å². The van der Waals surface area contributed by atoms with E-state index in [0.29, 0.717) is 61.0 Å². The minimum Gasteiger partial charge on any atom is -0.497 e. The first-order chi connectivity index (χ1) is 18.3. The third-order valence-corrected chi connectivity index (χ3v) is 8.38. The molecule has 2 fully saturated rings. The molecule has 11 heteroatoms. The number of cyclic esters (lactones) is 1. The summed E-state index contributed by atoms with van der Waals surface area (Å²) in [5.41, 5.74) is 0.799. The summed E-state index contributed by atoms with van der Waals surface area (Å²) in [4.78, 5) is 41.8. The molecule has 2 aromatic carbocycles. The second-order valence-electron chi connectivity index (χ2n) is 10.0. The van der Waals surface area contributed by atoms with E-state index in [2.05, 4.69) is 10.2 Å². The second-order valence-corrected chi connectivity index (χ2v) is 11.0. The Balaban J connectivity index is 1.13. The van der Waals surface area contributed by atoms with Crippen molar-refractivity contribution in [2.24, 2.45) is 0 Å². The van der Waals surface area contributed by atoms with E-state index in [4.69, 9.17) is 9.47 Å². The number of hydrogen-bond donors (Lipinski definition) is 2. The molecule has 3 aromatic rings.